The Morgan fingerprint density at radius 2 is 1.79 bits per heavy atom. The number of hydrogen-bond donors (Lipinski definition) is 0. The second kappa shape index (κ2) is 9.76. The number of unbranched alkanes of at least 4 members (excludes halogenated alkanes) is 5. The third-order valence-electron chi connectivity index (χ3n) is 2.36. The van der Waals surface area contributed by atoms with Gasteiger partial charge in [-0.05, 0) is 12.7 Å². The fourth-order valence-electron chi connectivity index (χ4n) is 1.39. The summed E-state index contributed by atoms with van der Waals surface area (Å²) in [6.45, 7) is 2.22. The molecular weight excluding hydrogens is 239 g/mol. The molecule has 0 heterocycles. The van der Waals surface area contributed by atoms with Gasteiger partial charge in [-0.2, -0.15) is 0 Å². The summed E-state index contributed by atoms with van der Waals surface area (Å²) < 4.78 is 0. The van der Waals surface area contributed by atoms with Gasteiger partial charge in [-0.15, -0.1) is 0 Å². The molecule has 3 heteroatoms. The largest absolute Gasteiger partial charge is 0.299 e. The van der Waals surface area contributed by atoms with Crippen molar-refractivity contribution < 1.29 is 4.79 Å². The van der Waals surface area contributed by atoms with Crippen LogP contribution in [-0.2, 0) is 4.79 Å². The van der Waals surface area contributed by atoms with E-state index in [0.717, 1.165) is 12.8 Å². The van der Waals surface area contributed by atoms with Crippen molar-refractivity contribution in [3.63, 3.8) is 0 Å². The molecule has 14 heavy (non-hydrogen) atoms. The molecule has 0 saturated carbocycles. The molecule has 0 saturated heterocycles. The predicted octanol–water partition coefficient (Wildman–Crippen LogP) is 3.66. The zero-order chi connectivity index (χ0) is 10.8. The smallest absolute Gasteiger partial charge is 0.137 e. The minimum absolute atomic E-state index is 0.0151. The molecule has 0 aromatic carbocycles. The van der Waals surface area contributed by atoms with Crippen molar-refractivity contribution in [1.82, 2.24) is 0 Å². The average Bonchev–Trinajstić information content (AvgIpc) is 2.21. The second-order valence-corrected chi connectivity index (χ2v) is 4.80. The molecule has 2 radical (unpaired) electrons. The molecule has 1 nitrogen and oxygen atoms in total. The monoisotopic (exact) mass is 258 g/mol. The number of hydrogen-bond acceptors (Lipinski definition) is 1. The molecule has 0 bridgehead atoms. The third kappa shape index (κ3) is 7.60. The van der Waals surface area contributed by atoms with Crippen molar-refractivity contribution >= 4 is 29.6 Å². The molecule has 0 aliphatic heterocycles. The normalized spacial score (nSPS) is 12.7. The molecule has 0 rings (SSSR count). The first kappa shape index (κ1) is 14.2. The Labute approximate surface area is 97.6 Å². The summed E-state index contributed by atoms with van der Waals surface area (Å²) >= 11 is 3.36. The first-order valence-electron chi connectivity index (χ1n) is 5.59. The maximum Gasteiger partial charge on any atom is 0.137 e. The van der Waals surface area contributed by atoms with Crippen molar-refractivity contribution in [3.8, 4) is 0 Å². The minimum atomic E-state index is -0.0151. The van der Waals surface area contributed by atoms with E-state index in [2.05, 4.69) is 22.9 Å². The van der Waals surface area contributed by atoms with Gasteiger partial charge in [-0.25, -0.2) is 0 Å². The van der Waals surface area contributed by atoms with E-state index >= 15 is 0 Å². The van der Waals surface area contributed by atoms with Crippen molar-refractivity contribution in [1.29, 1.82) is 0 Å². The molecular formula is C11H20BBrO. The molecule has 0 fully saturated rings. The van der Waals surface area contributed by atoms with Crippen LogP contribution in [0.2, 0.25) is 6.32 Å². The standard InChI is InChI=1S/C11H20BBrO/c1-2-3-4-5-6-7-8-10(13)11(14)9-12/h10H,2-9H2,1H3. The van der Waals surface area contributed by atoms with E-state index in [-0.39, 0.29) is 16.9 Å². The number of ketones is 1. The Kier molecular flexibility index (Phi) is 9.91. The van der Waals surface area contributed by atoms with E-state index in [0.29, 0.717) is 0 Å². The highest BCUT2D eigenvalue weighted by Crippen LogP contribution is 2.14. The molecule has 0 aromatic heterocycles. The molecule has 0 aliphatic rings. The Hall–Kier alpha value is 0.215. The number of halogens is 1. The zero-order valence-electron chi connectivity index (χ0n) is 9.10. The van der Waals surface area contributed by atoms with E-state index in [1.807, 2.05) is 0 Å². The van der Waals surface area contributed by atoms with Crippen LogP contribution in [0.15, 0.2) is 0 Å². The van der Waals surface area contributed by atoms with Crippen LogP contribution in [0.5, 0.6) is 0 Å². The Bertz CT molecular complexity index is 150. The lowest BCUT2D eigenvalue weighted by Gasteiger charge is -2.06. The van der Waals surface area contributed by atoms with Gasteiger partial charge in [0.1, 0.15) is 5.78 Å². The Balaban J connectivity index is 3.23. The Morgan fingerprint density at radius 3 is 2.36 bits per heavy atom. The summed E-state index contributed by atoms with van der Waals surface area (Å²) in [5.41, 5.74) is 0. The molecule has 80 valence electrons. The van der Waals surface area contributed by atoms with Crippen molar-refractivity contribution in [2.45, 2.75) is 63.0 Å². The second-order valence-electron chi connectivity index (χ2n) is 3.69. The van der Waals surface area contributed by atoms with E-state index in [9.17, 15) is 4.79 Å². The summed E-state index contributed by atoms with van der Waals surface area (Å²) in [7, 11) is 5.26. The first-order valence-corrected chi connectivity index (χ1v) is 6.50. The number of carbonyl (C=O) groups is 1. The van der Waals surface area contributed by atoms with Gasteiger partial charge in [-0.1, -0.05) is 61.4 Å². The lowest BCUT2D eigenvalue weighted by molar-refractivity contribution is -0.116. The maximum atomic E-state index is 11.1. The number of rotatable bonds is 9. The van der Waals surface area contributed by atoms with Gasteiger partial charge in [0, 0.05) is 0 Å². The van der Waals surface area contributed by atoms with Gasteiger partial charge in [-0.3, -0.25) is 4.79 Å². The number of Topliss-reactive ketones (excluding diaryl/α,β-unsaturated/α-hetero) is 1. The van der Waals surface area contributed by atoms with Crippen LogP contribution in [0, 0.1) is 0 Å². The highest BCUT2D eigenvalue weighted by Gasteiger charge is 2.10. The van der Waals surface area contributed by atoms with Gasteiger partial charge < -0.3 is 0 Å². The van der Waals surface area contributed by atoms with Crippen LogP contribution in [0.1, 0.15) is 51.9 Å². The topological polar surface area (TPSA) is 17.1 Å². The minimum Gasteiger partial charge on any atom is -0.299 e. The Morgan fingerprint density at radius 1 is 1.21 bits per heavy atom. The molecule has 0 N–H and O–H groups in total. The zero-order valence-corrected chi connectivity index (χ0v) is 10.7. The van der Waals surface area contributed by atoms with Crippen molar-refractivity contribution in [2.24, 2.45) is 0 Å². The highest BCUT2D eigenvalue weighted by atomic mass is 79.9. The summed E-state index contributed by atoms with van der Waals surface area (Å²) in [5.74, 6) is 0.124. The van der Waals surface area contributed by atoms with Crippen LogP contribution in [0.3, 0.4) is 0 Å². The summed E-state index contributed by atoms with van der Waals surface area (Å²) in [6, 6.07) is 0. The van der Waals surface area contributed by atoms with Crippen molar-refractivity contribution in [3.05, 3.63) is 0 Å². The molecule has 0 amide bonds. The third-order valence-corrected chi connectivity index (χ3v) is 3.33. The van der Waals surface area contributed by atoms with Crippen molar-refractivity contribution in [2.75, 3.05) is 0 Å². The number of alkyl halides is 1. The molecule has 0 aliphatic carbocycles. The van der Waals surface area contributed by atoms with Gasteiger partial charge in [0.15, 0.2) is 0 Å². The quantitative estimate of drug-likeness (QED) is 0.351. The number of carbonyl (C=O) groups excluding carboxylic acids is 1. The van der Waals surface area contributed by atoms with Crippen LogP contribution < -0.4 is 0 Å². The van der Waals surface area contributed by atoms with Crippen LogP contribution in [-0.4, -0.2) is 18.5 Å². The average molecular weight is 259 g/mol. The first-order chi connectivity index (χ1) is 6.72. The van der Waals surface area contributed by atoms with E-state index in [4.69, 9.17) is 7.85 Å². The molecule has 1 unspecified atom stereocenters. The van der Waals surface area contributed by atoms with Crippen LogP contribution in [0.25, 0.3) is 0 Å². The lowest BCUT2D eigenvalue weighted by atomic mass is 9.97. The summed E-state index contributed by atoms with van der Waals surface area (Å²) in [5, 5.41) is 0. The highest BCUT2D eigenvalue weighted by molar-refractivity contribution is 9.10. The van der Waals surface area contributed by atoms with Crippen LogP contribution in [0.4, 0.5) is 0 Å². The van der Waals surface area contributed by atoms with Gasteiger partial charge in [0.2, 0.25) is 0 Å². The fraction of sp³-hybridized carbons (Fsp3) is 0.909. The molecule has 1 atom stereocenters. The van der Waals surface area contributed by atoms with E-state index in [1.165, 1.54) is 32.1 Å². The van der Waals surface area contributed by atoms with E-state index < -0.39 is 0 Å². The van der Waals surface area contributed by atoms with Gasteiger partial charge in [0.05, 0.1) is 12.7 Å². The van der Waals surface area contributed by atoms with E-state index in [1.54, 1.807) is 0 Å². The van der Waals surface area contributed by atoms with Crippen LogP contribution >= 0.6 is 15.9 Å². The lowest BCUT2D eigenvalue weighted by Crippen LogP contribution is -2.12. The SMILES string of the molecule is [B]CC(=O)C(Br)CCCCCCCC. The van der Waals surface area contributed by atoms with Gasteiger partial charge >= 0.3 is 0 Å². The summed E-state index contributed by atoms with van der Waals surface area (Å²) in [4.78, 5) is 11.1. The predicted molar refractivity (Wildman–Crippen MR) is 66.3 cm³/mol. The molecule has 0 aromatic rings. The maximum absolute atomic E-state index is 11.1. The fourth-order valence-corrected chi connectivity index (χ4v) is 1.90. The molecule has 0 spiro atoms. The van der Waals surface area contributed by atoms with Gasteiger partial charge in [0.25, 0.3) is 0 Å². The summed E-state index contributed by atoms with van der Waals surface area (Å²) in [6.07, 6.45) is 8.70.